The molecule has 4 nitrogen and oxygen atoms in total. The van der Waals surface area contributed by atoms with Crippen LogP contribution in [0.25, 0.3) is 0 Å². The van der Waals surface area contributed by atoms with Gasteiger partial charge in [0.05, 0.1) is 5.69 Å². The lowest BCUT2D eigenvalue weighted by atomic mass is 9.85. The molecule has 0 unspecified atom stereocenters. The molecule has 2 N–H and O–H groups in total. The van der Waals surface area contributed by atoms with Gasteiger partial charge in [0, 0.05) is 23.7 Å². The quantitative estimate of drug-likeness (QED) is 0.788. The van der Waals surface area contributed by atoms with E-state index in [2.05, 4.69) is 15.5 Å². The molecule has 1 aliphatic rings. The maximum absolute atomic E-state index is 11.6. The van der Waals surface area contributed by atoms with Crippen LogP contribution < -0.4 is 5.32 Å². The average molecular weight is 207 g/mol. The van der Waals surface area contributed by atoms with Gasteiger partial charge in [0.1, 0.15) is 0 Å². The highest BCUT2D eigenvalue weighted by Gasteiger charge is 2.25. The lowest BCUT2D eigenvalue weighted by molar-refractivity contribution is -0.127. The smallest absolute Gasteiger partial charge is 0.223 e. The van der Waals surface area contributed by atoms with Crippen molar-refractivity contribution in [3.05, 3.63) is 17.0 Å². The maximum atomic E-state index is 11.6. The topological polar surface area (TPSA) is 57.8 Å². The second kappa shape index (κ2) is 4.04. The molecule has 0 radical (unpaired) electrons. The largest absolute Gasteiger partial charge is 0.352 e. The van der Waals surface area contributed by atoms with Crippen molar-refractivity contribution in [1.82, 2.24) is 15.5 Å². The van der Waals surface area contributed by atoms with Gasteiger partial charge < -0.3 is 5.32 Å². The first-order valence-corrected chi connectivity index (χ1v) is 5.46. The van der Waals surface area contributed by atoms with Gasteiger partial charge in [0.25, 0.3) is 0 Å². The Bertz CT molecular complexity index is 346. The number of nitrogens with one attached hydrogen (secondary N) is 2. The van der Waals surface area contributed by atoms with Gasteiger partial charge in [0.2, 0.25) is 5.91 Å². The molecule has 1 aliphatic carbocycles. The molecule has 1 saturated carbocycles. The maximum Gasteiger partial charge on any atom is 0.223 e. The third-order valence-electron chi connectivity index (χ3n) is 3.20. The summed E-state index contributed by atoms with van der Waals surface area (Å²) in [6.07, 6.45) is 3.30. The Labute approximate surface area is 89.5 Å². The van der Waals surface area contributed by atoms with Crippen LogP contribution in [-0.2, 0) is 11.3 Å². The molecule has 1 fully saturated rings. The Morgan fingerprint density at radius 1 is 1.53 bits per heavy atom. The van der Waals surface area contributed by atoms with Gasteiger partial charge in [-0.05, 0) is 26.7 Å². The van der Waals surface area contributed by atoms with Crippen LogP contribution in [-0.4, -0.2) is 16.1 Å². The number of amides is 1. The number of aryl methyl sites for hydroxylation is 2. The Morgan fingerprint density at radius 3 is 2.73 bits per heavy atom. The molecule has 15 heavy (non-hydrogen) atoms. The van der Waals surface area contributed by atoms with Gasteiger partial charge in [-0.25, -0.2) is 0 Å². The summed E-state index contributed by atoms with van der Waals surface area (Å²) in [6.45, 7) is 4.53. The van der Waals surface area contributed by atoms with E-state index in [1.54, 1.807) is 0 Å². The predicted molar refractivity (Wildman–Crippen MR) is 57.2 cm³/mol. The SMILES string of the molecule is Cc1n[nH]c(C)c1CNC(=O)C1CCC1. The van der Waals surface area contributed by atoms with E-state index in [-0.39, 0.29) is 11.8 Å². The van der Waals surface area contributed by atoms with E-state index in [0.717, 1.165) is 29.8 Å². The number of carbonyl (C=O) groups excluding carboxylic acids is 1. The molecule has 1 aromatic rings. The normalized spacial score (nSPS) is 16.1. The van der Waals surface area contributed by atoms with E-state index >= 15 is 0 Å². The molecule has 4 heteroatoms. The van der Waals surface area contributed by atoms with Crippen molar-refractivity contribution in [3.63, 3.8) is 0 Å². The van der Waals surface area contributed by atoms with Gasteiger partial charge in [-0.1, -0.05) is 6.42 Å². The first kappa shape index (κ1) is 10.2. The standard InChI is InChI=1S/C11H17N3O/c1-7-10(8(2)14-13-7)6-12-11(15)9-4-3-5-9/h9H,3-6H2,1-2H3,(H,12,15)(H,13,14). The molecule has 0 saturated heterocycles. The first-order chi connectivity index (χ1) is 7.18. The van der Waals surface area contributed by atoms with E-state index in [0.29, 0.717) is 6.54 Å². The average Bonchev–Trinajstić information content (AvgIpc) is 2.41. The number of aromatic amines is 1. The highest BCUT2D eigenvalue weighted by molar-refractivity contribution is 5.79. The number of hydrogen-bond acceptors (Lipinski definition) is 2. The fourth-order valence-corrected chi connectivity index (χ4v) is 1.82. The fraction of sp³-hybridized carbons (Fsp3) is 0.636. The van der Waals surface area contributed by atoms with Crippen LogP contribution in [0.5, 0.6) is 0 Å². The van der Waals surface area contributed by atoms with E-state index in [1.807, 2.05) is 13.8 Å². The minimum atomic E-state index is 0.196. The van der Waals surface area contributed by atoms with Crippen molar-refractivity contribution < 1.29 is 4.79 Å². The Hall–Kier alpha value is -1.32. The summed E-state index contributed by atoms with van der Waals surface area (Å²) in [5.74, 6) is 0.457. The zero-order chi connectivity index (χ0) is 10.8. The Kier molecular flexibility index (Phi) is 2.75. The van der Waals surface area contributed by atoms with Crippen molar-refractivity contribution in [2.24, 2.45) is 5.92 Å². The van der Waals surface area contributed by atoms with Crippen LogP contribution in [0.2, 0.25) is 0 Å². The van der Waals surface area contributed by atoms with E-state index < -0.39 is 0 Å². The number of nitrogens with zero attached hydrogens (tertiary/aromatic N) is 1. The minimum absolute atomic E-state index is 0.196. The molecule has 1 amide bonds. The molecule has 0 aliphatic heterocycles. The third kappa shape index (κ3) is 2.03. The summed E-state index contributed by atoms with van der Waals surface area (Å²) in [5.41, 5.74) is 3.13. The van der Waals surface area contributed by atoms with Gasteiger partial charge in [-0.15, -0.1) is 0 Å². The van der Waals surface area contributed by atoms with Crippen molar-refractivity contribution in [2.75, 3.05) is 0 Å². The van der Waals surface area contributed by atoms with Crippen LogP contribution in [0.1, 0.15) is 36.2 Å². The second-order valence-electron chi connectivity index (χ2n) is 4.26. The molecule has 0 spiro atoms. The Morgan fingerprint density at radius 2 is 2.27 bits per heavy atom. The molecule has 0 bridgehead atoms. The fourth-order valence-electron chi connectivity index (χ4n) is 1.82. The zero-order valence-corrected chi connectivity index (χ0v) is 9.26. The highest BCUT2D eigenvalue weighted by atomic mass is 16.1. The van der Waals surface area contributed by atoms with E-state index in [1.165, 1.54) is 6.42 Å². The van der Waals surface area contributed by atoms with E-state index in [4.69, 9.17) is 0 Å². The zero-order valence-electron chi connectivity index (χ0n) is 9.26. The summed E-state index contributed by atoms with van der Waals surface area (Å²) in [6, 6.07) is 0. The molecular weight excluding hydrogens is 190 g/mol. The predicted octanol–water partition coefficient (Wildman–Crippen LogP) is 1.44. The van der Waals surface area contributed by atoms with Gasteiger partial charge in [-0.3, -0.25) is 9.89 Å². The number of H-pyrrole nitrogens is 1. The van der Waals surface area contributed by atoms with Crippen LogP contribution in [0.15, 0.2) is 0 Å². The lowest BCUT2D eigenvalue weighted by Crippen LogP contribution is -2.34. The third-order valence-corrected chi connectivity index (χ3v) is 3.20. The number of carbonyl (C=O) groups is 1. The molecule has 1 aromatic heterocycles. The summed E-state index contributed by atoms with van der Waals surface area (Å²) in [5, 5.41) is 9.98. The summed E-state index contributed by atoms with van der Waals surface area (Å²) in [4.78, 5) is 11.6. The summed E-state index contributed by atoms with van der Waals surface area (Å²) < 4.78 is 0. The van der Waals surface area contributed by atoms with Crippen molar-refractivity contribution in [2.45, 2.75) is 39.7 Å². The minimum Gasteiger partial charge on any atom is -0.352 e. The molecule has 0 atom stereocenters. The summed E-state index contributed by atoms with van der Waals surface area (Å²) in [7, 11) is 0. The van der Waals surface area contributed by atoms with Crippen molar-refractivity contribution in [3.8, 4) is 0 Å². The van der Waals surface area contributed by atoms with Crippen LogP contribution in [0, 0.1) is 19.8 Å². The Balaban J connectivity index is 1.89. The highest BCUT2D eigenvalue weighted by Crippen LogP contribution is 2.26. The second-order valence-corrected chi connectivity index (χ2v) is 4.26. The van der Waals surface area contributed by atoms with Crippen LogP contribution in [0.3, 0.4) is 0 Å². The first-order valence-electron chi connectivity index (χ1n) is 5.46. The molecular formula is C11H17N3O. The monoisotopic (exact) mass is 207 g/mol. The summed E-state index contributed by atoms with van der Waals surface area (Å²) >= 11 is 0. The number of hydrogen-bond donors (Lipinski definition) is 2. The molecule has 2 rings (SSSR count). The van der Waals surface area contributed by atoms with Crippen molar-refractivity contribution >= 4 is 5.91 Å². The number of rotatable bonds is 3. The molecule has 82 valence electrons. The van der Waals surface area contributed by atoms with Crippen molar-refractivity contribution in [1.29, 1.82) is 0 Å². The van der Waals surface area contributed by atoms with Gasteiger partial charge in [0.15, 0.2) is 0 Å². The number of aromatic nitrogens is 2. The van der Waals surface area contributed by atoms with Gasteiger partial charge >= 0.3 is 0 Å². The lowest BCUT2D eigenvalue weighted by Gasteiger charge is -2.24. The van der Waals surface area contributed by atoms with Crippen LogP contribution >= 0.6 is 0 Å². The van der Waals surface area contributed by atoms with Gasteiger partial charge in [-0.2, -0.15) is 5.10 Å². The molecule has 1 heterocycles. The van der Waals surface area contributed by atoms with Crippen LogP contribution in [0.4, 0.5) is 0 Å². The van der Waals surface area contributed by atoms with E-state index in [9.17, 15) is 4.79 Å². The molecule has 0 aromatic carbocycles.